The minimum atomic E-state index is 0.0184. The molecule has 0 amide bonds. The van der Waals surface area contributed by atoms with Crippen molar-refractivity contribution in [3.8, 4) is 5.75 Å². The van der Waals surface area contributed by atoms with Crippen molar-refractivity contribution in [3.05, 3.63) is 57.0 Å². The van der Waals surface area contributed by atoms with Gasteiger partial charge in [0.2, 0.25) is 0 Å². The monoisotopic (exact) mass is 337 g/mol. The van der Waals surface area contributed by atoms with Crippen LogP contribution in [0.4, 0.5) is 5.69 Å². The second-order valence-electron chi connectivity index (χ2n) is 4.64. The molecule has 1 aliphatic heterocycles. The average molecular weight is 339 g/mol. The first kappa shape index (κ1) is 12.8. The molecule has 0 spiro atoms. The van der Waals surface area contributed by atoms with Gasteiger partial charge >= 0.3 is 0 Å². The summed E-state index contributed by atoms with van der Waals surface area (Å²) in [5, 5.41) is 4.12. The number of anilines is 1. The molecule has 1 aliphatic rings. The summed E-state index contributed by atoms with van der Waals surface area (Å²) in [6, 6.07) is 12.0. The van der Waals surface area contributed by atoms with E-state index < -0.39 is 0 Å². The van der Waals surface area contributed by atoms with E-state index in [4.69, 9.17) is 16.3 Å². The molecule has 0 saturated carbocycles. The Labute approximate surface area is 125 Å². The van der Waals surface area contributed by atoms with Crippen molar-refractivity contribution in [1.82, 2.24) is 0 Å². The van der Waals surface area contributed by atoms with E-state index >= 15 is 0 Å². The van der Waals surface area contributed by atoms with Gasteiger partial charge in [0.25, 0.3) is 0 Å². The van der Waals surface area contributed by atoms with Crippen LogP contribution in [-0.2, 0) is 0 Å². The maximum absolute atomic E-state index is 6.12. The molecule has 2 aromatic rings. The Balaban J connectivity index is 1.94. The van der Waals surface area contributed by atoms with Crippen molar-refractivity contribution in [1.29, 1.82) is 0 Å². The van der Waals surface area contributed by atoms with Gasteiger partial charge in [-0.25, -0.2) is 0 Å². The molecule has 0 aliphatic carbocycles. The normalized spacial score (nSPS) is 17.3. The van der Waals surface area contributed by atoms with E-state index in [9.17, 15) is 0 Å². The van der Waals surface area contributed by atoms with E-state index in [1.807, 2.05) is 31.2 Å². The lowest BCUT2D eigenvalue weighted by molar-refractivity contribution is 0.209. The highest BCUT2D eigenvalue weighted by molar-refractivity contribution is 9.10. The van der Waals surface area contributed by atoms with Crippen LogP contribution in [0.1, 0.15) is 17.2 Å². The number of fused-ring (bicyclic) bond motifs is 1. The topological polar surface area (TPSA) is 21.3 Å². The Morgan fingerprint density at radius 1 is 1.32 bits per heavy atom. The minimum Gasteiger partial charge on any atom is -0.481 e. The molecule has 19 heavy (non-hydrogen) atoms. The molecule has 0 aromatic heterocycles. The maximum atomic E-state index is 6.12. The van der Waals surface area contributed by atoms with E-state index in [0.29, 0.717) is 0 Å². The third kappa shape index (κ3) is 2.58. The first-order chi connectivity index (χ1) is 9.13. The van der Waals surface area contributed by atoms with Gasteiger partial charge in [0.15, 0.2) is 0 Å². The Bertz CT molecular complexity index is 630. The molecule has 1 heterocycles. The zero-order valence-corrected chi connectivity index (χ0v) is 12.8. The van der Waals surface area contributed by atoms with E-state index in [1.165, 1.54) is 0 Å². The third-order valence-corrected chi connectivity index (χ3v) is 3.91. The van der Waals surface area contributed by atoms with Crippen molar-refractivity contribution >= 4 is 33.2 Å². The Morgan fingerprint density at radius 2 is 2.16 bits per heavy atom. The summed E-state index contributed by atoms with van der Waals surface area (Å²) in [5.41, 5.74) is 3.17. The molecule has 0 bridgehead atoms. The van der Waals surface area contributed by atoms with Gasteiger partial charge in [0.05, 0.1) is 12.2 Å². The molecule has 1 unspecified atom stereocenters. The molecule has 0 radical (unpaired) electrons. The van der Waals surface area contributed by atoms with Crippen LogP contribution in [0.25, 0.3) is 0 Å². The summed E-state index contributed by atoms with van der Waals surface area (Å²) in [6.07, 6.45) is 0.0184. The molecule has 1 N–H and O–H groups in total. The second-order valence-corrected chi connectivity index (χ2v) is 5.99. The largest absolute Gasteiger partial charge is 0.481 e. The van der Waals surface area contributed by atoms with E-state index in [0.717, 1.165) is 38.6 Å². The first-order valence-corrected chi connectivity index (χ1v) is 7.27. The highest BCUT2D eigenvalue weighted by atomic mass is 79.9. The smallest absolute Gasteiger partial charge is 0.146 e. The van der Waals surface area contributed by atoms with Crippen LogP contribution < -0.4 is 10.1 Å². The lowest BCUT2D eigenvalue weighted by Crippen LogP contribution is -2.24. The summed E-state index contributed by atoms with van der Waals surface area (Å²) in [5.74, 6) is 0.889. The Kier molecular flexibility index (Phi) is 3.42. The number of nitrogens with one attached hydrogen (secondary N) is 1. The van der Waals surface area contributed by atoms with Crippen LogP contribution in [-0.4, -0.2) is 6.54 Å². The summed E-state index contributed by atoms with van der Waals surface area (Å²) in [6.45, 7) is 2.75. The van der Waals surface area contributed by atoms with Crippen molar-refractivity contribution in [2.24, 2.45) is 0 Å². The number of ether oxygens (including phenoxy) is 1. The van der Waals surface area contributed by atoms with Gasteiger partial charge in [-0.2, -0.15) is 0 Å². The zero-order valence-electron chi connectivity index (χ0n) is 10.4. The molecule has 0 fully saturated rings. The highest BCUT2D eigenvalue weighted by Crippen LogP contribution is 2.39. The number of benzene rings is 2. The van der Waals surface area contributed by atoms with Gasteiger partial charge < -0.3 is 10.1 Å². The maximum Gasteiger partial charge on any atom is 0.146 e. The molecule has 3 rings (SSSR count). The van der Waals surface area contributed by atoms with Crippen LogP contribution in [0.5, 0.6) is 5.75 Å². The molecule has 1 atom stereocenters. The van der Waals surface area contributed by atoms with Gasteiger partial charge in [0.1, 0.15) is 11.9 Å². The lowest BCUT2D eigenvalue weighted by Gasteiger charge is -2.29. The third-order valence-electron chi connectivity index (χ3n) is 3.20. The fourth-order valence-corrected chi connectivity index (χ4v) is 2.99. The number of rotatable bonds is 1. The quantitative estimate of drug-likeness (QED) is 0.794. The van der Waals surface area contributed by atoms with Crippen LogP contribution in [0.3, 0.4) is 0 Å². The van der Waals surface area contributed by atoms with E-state index in [2.05, 4.69) is 33.4 Å². The van der Waals surface area contributed by atoms with Crippen molar-refractivity contribution in [2.45, 2.75) is 13.0 Å². The number of aryl methyl sites for hydroxylation is 1. The van der Waals surface area contributed by atoms with Gasteiger partial charge in [-0.3, -0.25) is 0 Å². The van der Waals surface area contributed by atoms with Crippen LogP contribution in [0.2, 0.25) is 5.02 Å². The van der Waals surface area contributed by atoms with Crippen molar-refractivity contribution in [2.75, 3.05) is 11.9 Å². The predicted octanol–water partition coefficient (Wildman–Crippen LogP) is 4.96. The fourth-order valence-electron chi connectivity index (χ4n) is 2.30. The average Bonchev–Trinajstić information content (AvgIpc) is 2.38. The van der Waals surface area contributed by atoms with Crippen LogP contribution in [0, 0.1) is 6.92 Å². The Hall–Kier alpha value is -1.19. The highest BCUT2D eigenvalue weighted by Gasteiger charge is 2.22. The SMILES string of the molecule is Cc1cc(Cl)cc2c1OC(c1cccc(Br)c1)CN2. The lowest BCUT2D eigenvalue weighted by atomic mass is 10.1. The standard InChI is InChI=1S/C15H13BrClNO/c1-9-5-12(17)7-13-15(9)19-14(8-18-13)10-3-2-4-11(16)6-10/h2-7,14,18H,8H2,1H3. The predicted molar refractivity (Wildman–Crippen MR) is 82.2 cm³/mol. The molecular weight excluding hydrogens is 326 g/mol. The molecule has 98 valence electrons. The van der Waals surface area contributed by atoms with Crippen molar-refractivity contribution < 1.29 is 4.74 Å². The summed E-state index contributed by atoms with van der Waals surface area (Å²) < 4.78 is 7.18. The zero-order chi connectivity index (χ0) is 13.4. The molecular formula is C15H13BrClNO. The van der Waals surface area contributed by atoms with E-state index in [1.54, 1.807) is 0 Å². The van der Waals surface area contributed by atoms with E-state index in [-0.39, 0.29) is 6.10 Å². The molecule has 2 nitrogen and oxygen atoms in total. The van der Waals surface area contributed by atoms with Crippen LogP contribution >= 0.6 is 27.5 Å². The second kappa shape index (κ2) is 5.06. The fraction of sp³-hybridized carbons (Fsp3) is 0.200. The van der Waals surface area contributed by atoms with Crippen LogP contribution in [0.15, 0.2) is 40.9 Å². The van der Waals surface area contributed by atoms with Crippen molar-refractivity contribution in [3.63, 3.8) is 0 Å². The minimum absolute atomic E-state index is 0.0184. The summed E-state index contributed by atoms with van der Waals surface area (Å²) in [7, 11) is 0. The molecule has 0 saturated heterocycles. The first-order valence-electron chi connectivity index (χ1n) is 6.09. The number of hydrogen-bond donors (Lipinski definition) is 1. The number of hydrogen-bond acceptors (Lipinski definition) is 2. The van der Waals surface area contributed by atoms with Gasteiger partial charge in [-0.15, -0.1) is 0 Å². The molecule has 2 aromatic carbocycles. The van der Waals surface area contributed by atoms with Gasteiger partial charge in [0, 0.05) is 9.50 Å². The summed E-state index contributed by atoms with van der Waals surface area (Å²) >= 11 is 9.55. The molecule has 4 heteroatoms. The summed E-state index contributed by atoms with van der Waals surface area (Å²) in [4.78, 5) is 0. The Morgan fingerprint density at radius 3 is 2.95 bits per heavy atom. The van der Waals surface area contributed by atoms with Gasteiger partial charge in [-0.1, -0.05) is 39.7 Å². The number of halogens is 2. The van der Waals surface area contributed by atoms with Gasteiger partial charge in [-0.05, 0) is 42.3 Å².